The molecule has 0 amide bonds. The van der Waals surface area contributed by atoms with Crippen LogP contribution >= 0.6 is 11.3 Å². The Morgan fingerprint density at radius 3 is 2.54 bits per heavy atom. The number of nitrogens with one attached hydrogen (secondary N) is 1. The molecular formula is C17H13F3N4OS. The van der Waals surface area contributed by atoms with Gasteiger partial charge in [0, 0.05) is 0 Å². The van der Waals surface area contributed by atoms with Crippen LogP contribution in [0.1, 0.15) is 29.2 Å². The second kappa shape index (κ2) is 5.87. The normalized spacial score (nSPS) is 17.2. The quantitative estimate of drug-likeness (QED) is 0.689. The molecule has 134 valence electrons. The summed E-state index contributed by atoms with van der Waals surface area (Å²) in [5.74, 6) is -1.08. The first-order chi connectivity index (χ1) is 12.3. The number of thiophene rings is 1. The lowest BCUT2D eigenvalue weighted by atomic mass is 9.96. The third-order valence-corrected chi connectivity index (χ3v) is 5.03. The molecule has 4 rings (SSSR count). The Morgan fingerprint density at radius 1 is 1.19 bits per heavy atom. The molecule has 9 heteroatoms. The Kier molecular flexibility index (Phi) is 3.76. The number of allylic oxidation sites excluding steroid dienone is 1. The summed E-state index contributed by atoms with van der Waals surface area (Å²) in [6.45, 7) is 1.84. The lowest BCUT2D eigenvalue weighted by Crippen LogP contribution is -2.23. The van der Waals surface area contributed by atoms with Gasteiger partial charge in [-0.25, -0.2) is 4.68 Å². The van der Waals surface area contributed by atoms with Crippen LogP contribution in [-0.4, -0.2) is 19.9 Å². The van der Waals surface area contributed by atoms with Gasteiger partial charge in [-0.2, -0.15) is 18.2 Å². The smallest absolute Gasteiger partial charge is 0.453 e. The van der Waals surface area contributed by atoms with E-state index in [9.17, 15) is 18.3 Å². The number of halogens is 3. The summed E-state index contributed by atoms with van der Waals surface area (Å²) < 4.78 is 40.6. The molecule has 26 heavy (non-hydrogen) atoms. The fourth-order valence-electron chi connectivity index (χ4n) is 2.96. The van der Waals surface area contributed by atoms with Gasteiger partial charge in [0.25, 0.3) is 5.82 Å². The van der Waals surface area contributed by atoms with Crippen LogP contribution in [-0.2, 0) is 6.18 Å². The number of alkyl halides is 3. The molecule has 0 fully saturated rings. The molecule has 0 aliphatic carbocycles. The number of hydrogen-bond acceptors (Lipinski definition) is 5. The Morgan fingerprint density at radius 2 is 1.92 bits per heavy atom. The molecule has 0 saturated heterocycles. The Bertz CT molecular complexity index is 975. The van der Waals surface area contributed by atoms with Crippen LogP contribution in [0.3, 0.4) is 0 Å². The number of nitrogens with zero attached hydrogens (tertiary/aromatic N) is 3. The molecule has 1 atom stereocenters. The van der Waals surface area contributed by atoms with E-state index in [-0.39, 0.29) is 11.7 Å². The maximum absolute atomic E-state index is 13.1. The summed E-state index contributed by atoms with van der Waals surface area (Å²) in [6.07, 6.45) is -4.64. The van der Waals surface area contributed by atoms with E-state index in [0.29, 0.717) is 11.3 Å². The minimum absolute atomic E-state index is 0.0319. The lowest BCUT2D eigenvalue weighted by molar-refractivity contribution is -0.145. The maximum atomic E-state index is 13.1. The van der Waals surface area contributed by atoms with E-state index in [1.54, 1.807) is 12.1 Å². The predicted molar refractivity (Wildman–Crippen MR) is 91.8 cm³/mol. The highest BCUT2D eigenvalue weighted by atomic mass is 32.1. The first-order valence-electron chi connectivity index (χ1n) is 7.69. The van der Waals surface area contributed by atoms with Crippen molar-refractivity contribution in [2.24, 2.45) is 0 Å². The summed E-state index contributed by atoms with van der Waals surface area (Å²) in [5, 5.41) is 18.1. The van der Waals surface area contributed by atoms with E-state index in [2.05, 4.69) is 15.4 Å². The van der Waals surface area contributed by atoms with Crippen molar-refractivity contribution in [3.05, 3.63) is 63.6 Å². The maximum Gasteiger partial charge on any atom is 0.453 e. The van der Waals surface area contributed by atoms with Crippen LogP contribution < -0.4 is 5.32 Å². The summed E-state index contributed by atoms with van der Waals surface area (Å²) in [5.41, 5.74) is 2.23. The topological polar surface area (TPSA) is 63.0 Å². The van der Waals surface area contributed by atoms with Gasteiger partial charge in [-0.3, -0.25) is 0 Å². The number of aromatic hydroxyl groups is 1. The standard InChI is InChI=1S/C17H13F3N4OS/c1-9-13(12-3-2-8-26-12)21-16-22-15(17(18,19)20)23-24(16)14(9)10-4-6-11(25)7-5-10/h2-8,14,25H,1H3,(H,21,22,23)/t14-/m1/s1. The number of phenolic OH excluding ortho intramolecular Hbond substituents is 1. The number of benzene rings is 1. The molecule has 0 radical (unpaired) electrons. The Labute approximate surface area is 150 Å². The van der Waals surface area contributed by atoms with Gasteiger partial charge < -0.3 is 10.4 Å². The minimum atomic E-state index is -4.64. The van der Waals surface area contributed by atoms with Crippen molar-refractivity contribution < 1.29 is 18.3 Å². The van der Waals surface area contributed by atoms with Gasteiger partial charge in [-0.05, 0) is 41.6 Å². The molecule has 0 spiro atoms. The van der Waals surface area contributed by atoms with Gasteiger partial charge in [0.1, 0.15) is 11.8 Å². The monoisotopic (exact) mass is 378 g/mol. The molecule has 2 aromatic heterocycles. The van der Waals surface area contributed by atoms with Crippen molar-refractivity contribution in [1.29, 1.82) is 0 Å². The molecule has 3 aromatic rings. The first-order valence-corrected chi connectivity index (χ1v) is 8.57. The molecule has 0 unspecified atom stereocenters. The van der Waals surface area contributed by atoms with Crippen LogP contribution in [0.25, 0.3) is 5.70 Å². The number of anilines is 1. The predicted octanol–water partition coefficient (Wildman–Crippen LogP) is 4.51. The van der Waals surface area contributed by atoms with E-state index >= 15 is 0 Å². The van der Waals surface area contributed by atoms with E-state index in [0.717, 1.165) is 10.5 Å². The first kappa shape index (κ1) is 16.6. The summed E-state index contributed by atoms with van der Waals surface area (Å²) >= 11 is 1.48. The van der Waals surface area contributed by atoms with Crippen molar-refractivity contribution in [2.75, 3.05) is 5.32 Å². The largest absolute Gasteiger partial charge is 0.508 e. The number of phenols is 1. The van der Waals surface area contributed by atoms with E-state index < -0.39 is 18.0 Å². The van der Waals surface area contributed by atoms with Gasteiger partial charge in [0.2, 0.25) is 5.95 Å². The molecule has 0 saturated carbocycles. The van der Waals surface area contributed by atoms with Crippen LogP contribution in [0.4, 0.5) is 19.1 Å². The average Bonchev–Trinajstić information content (AvgIpc) is 3.24. The third-order valence-electron chi connectivity index (χ3n) is 4.15. The van der Waals surface area contributed by atoms with Gasteiger partial charge in [-0.1, -0.05) is 18.2 Å². The summed E-state index contributed by atoms with van der Waals surface area (Å²) in [4.78, 5) is 4.54. The zero-order chi connectivity index (χ0) is 18.5. The molecule has 1 aromatic carbocycles. The highest BCUT2D eigenvalue weighted by Crippen LogP contribution is 2.40. The molecule has 2 N–H and O–H groups in total. The highest BCUT2D eigenvalue weighted by Gasteiger charge is 2.40. The fourth-order valence-corrected chi connectivity index (χ4v) is 3.75. The zero-order valence-corrected chi connectivity index (χ0v) is 14.3. The van der Waals surface area contributed by atoms with Crippen LogP contribution in [0, 0.1) is 0 Å². The number of aromatic nitrogens is 3. The van der Waals surface area contributed by atoms with Gasteiger partial charge in [0.15, 0.2) is 0 Å². The number of rotatable bonds is 2. The van der Waals surface area contributed by atoms with Crippen LogP contribution in [0.15, 0.2) is 47.4 Å². The van der Waals surface area contributed by atoms with Crippen LogP contribution in [0.2, 0.25) is 0 Å². The van der Waals surface area contributed by atoms with E-state index in [1.165, 1.54) is 28.2 Å². The molecule has 1 aliphatic rings. The van der Waals surface area contributed by atoms with Gasteiger partial charge in [0.05, 0.1) is 10.6 Å². The SMILES string of the molecule is CC1=C(c2cccs2)Nc2nc(C(F)(F)F)nn2[C@H]1c1ccc(O)cc1. The minimum Gasteiger partial charge on any atom is -0.508 e. The molecular weight excluding hydrogens is 365 g/mol. The van der Waals surface area contributed by atoms with Crippen molar-refractivity contribution in [3.63, 3.8) is 0 Å². The van der Waals surface area contributed by atoms with E-state index in [1.807, 2.05) is 24.4 Å². The second-order valence-electron chi connectivity index (χ2n) is 5.86. The fraction of sp³-hybridized carbons (Fsp3) is 0.176. The lowest BCUT2D eigenvalue weighted by Gasteiger charge is -2.28. The second-order valence-corrected chi connectivity index (χ2v) is 6.80. The zero-order valence-electron chi connectivity index (χ0n) is 13.4. The molecule has 3 heterocycles. The summed E-state index contributed by atoms with van der Waals surface area (Å²) in [6, 6.07) is 9.53. The van der Waals surface area contributed by atoms with Crippen molar-refractivity contribution in [1.82, 2.24) is 14.8 Å². The average molecular weight is 378 g/mol. The third kappa shape index (κ3) is 2.74. The molecule has 1 aliphatic heterocycles. The summed E-state index contributed by atoms with van der Waals surface area (Å²) in [7, 11) is 0. The van der Waals surface area contributed by atoms with E-state index in [4.69, 9.17) is 0 Å². The highest BCUT2D eigenvalue weighted by molar-refractivity contribution is 7.11. The van der Waals surface area contributed by atoms with Gasteiger partial charge in [-0.15, -0.1) is 16.4 Å². The van der Waals surface area contributed by atoms with Crippen molar-refractivity contribution >= 4 is 23.0 Å². The van der Waals surface area contributed by atoms with Gasteiger partial charge >= 0.3 is 6.18 Å². The Balaban J connectivity index is 1.90. The number of hydrogen-bond donors (Lipinski definition) is 2. The number of fused-ring (bicyclic) bond motifs is 1. The Hall–Kier alpha value is -2.81. The van der Waals surface area contributed by atoms with Crippen LogP contribution in [0.5, 0.6) is 5.75 Å². The molecule has 5 nitrogen and oxygen atoms in total. The molecule has 0 bridgehead atoms. The van der Waals surface area contributed by atoms with Crippen molar-refractivity contribution in [3.8, 4) is 5.75 Å². The van der Waals surface area contributed by atoms with Crippen molar-refractivity contribution in [2.45, 2.75) is 19.1 Å².